The molecular weight excluding hydrogens is 306 g/mol. The number of ether oxygens (including phenoxy) is 2. The molecule has 4 atom stereocenters. The van der Waals surface area contributed by atoms with E-state index in [1.54, 1.807) is 4.90 Å². The van der Waals surface area contributed by atoms with Gasteiger partial charge in [0.15, 0.2) is 0 Å². The third kappa shape index (κ3) is 2.11. The Hall–Kier alpha value is -2.14. The minimum Gasteiger partial charge on any atom is -0.463 e. The third-order valence-corrected chi connectivity index (χ3v) is 5.04. The number of benzene rings is 1. The van der Waals surface area contributed by atoms with E-state index in [9.17, 15) is 9.59 Å². The van der Waals surface area contributed by atoms with Crippen molar-refractivity contribution in [2.45, 2.75) is 38.6 Å². The lowest BCUT2D eigenvalue weighted by Crippen LogP contribution is -2.40. The van der Waals surface area contributed by atoms with Crippen molar-refractivity contribution < 1.29 is 19.1 Å². The average molecular weight is 327 g/mol. The number of carbonyl (C=O) groups excluding carboxylic acids is 2. The van der Waals surface area contributed by atoms with E-state index in [1.165, 1.54) is 0 Å². The summed E-state index contributed by atoms with van der Waals surface area (Å²) >= 11 is 0. The fraction of sp³-hybridized carbons (Fsp3) is 0.474. The second-order valence-electron chi connectivity index (χ2n) is 7.15. The molecule has 5 nitrogen and oxygen atoms in total. The van der Waals surface area contributed by atoms with Crippen molar-refractivity contribution in [1.29, 1.82) is 0 Å². The van der Waals surface area contributed by atoms with E-state index in [0.717, 1.165) is 11.3 Å². The quantitative estimate of drug-likeness (QED) is 0.631. The van der Waals surface area contributed by atoms with E-state index in [2.05, 4.69) is 0 Å². The number of hydrogen-bond acceptors (Lipinski definition) is 4. The van der Waals surface area contributed by atoms with Crippen LogP contribution >= 0.6 is 0 Å². The van der Waals surface area contributed by atoms with Gasteiger partial charge in [0.05, 0.1) is 24.7 Å². The van der Waals surface area contributed by atoms with Crippen LogP contribution < -0.4 is 4.90 Å². The van der Waals surface area contributed by atoms with Crippen LogP contribution in [0.5, 0.6) is 0 Å². The lowest BCUT2D eigenvalue weighted by atomic mass is 9.77. The van der Waals surface area contributed by atoms with Gasteiger partial charge in [0.2, 0.25) is 5.91 Å². The molecule has 1 aromatic carbocycles. The van der Waals surface area contributed by atoms with Gasteiger partial charge in [-0.15, -0.1) is 0 Å². The number of carbonyl (C=O) groups is 2. The molecule has 4 rings (SSSR count). The van der Waals surface area contributed by atoms with E-state index in [1.807, 2.05) is 57.2 Å². The first-order valence-electron chi connectivity index (χ1n) is 8.37. The topological polar surface area (TPSA) is 55.8 Å². The Morgan fingerprint density at radius 1 is 1.42 bits per heavy atom. The molecule has 1 spiro atoms. The summed E-state index contributed by atoms with van der Waals surface area (Å²) in [7, 11) is 0. The van der Waals surface area contributed by atoms with Crippen molar-refractivity contribution >= 4 is 17.6 Å². The molecule has 1 aromatic rings. The highest BCUT2D eigenvalue weighted by atomic mass is 16.6. The van der Waals surface area contributed by atoms with Crippen molar-refractivity contribution in [1.82, 2.24) is 0 Å². The molecule has 0 N–H and O–H groups in total. The highest BCUT2D eigenvalue weighted by Crippen LogP contribution is 2.52. The maximum absolute atomic E-state index is 13.1. The van der Waals surface area contributed by atoms with Crippen molar-refractivity contribution in [3.63, 3.8) is 0 Å². The average Bonchev–Trinajstić information content (AvgIpc) is 3.15. The molecule has 3 aliphatic heterocycles. The maximum Gasteiger partial charge on any atom is 0.313 e. The molecule has 3 heterocycles. The zero-order valence-electron chi connectivity index (χ0n) is 14.1. The Balaban J connectivity index is 1.68. The first kappa shape index (κ1) is 15.4. The van der Waals surface area contributed by atoms with Crippen LogP contribution in [-0.2, 0) is 19.1 Å². The Kier molecular flexibility index (Phi) is 3.32. The van der Waals surface area contributed by atoms with Crippen LogP contribution in [0.1, 0.15) is 19.4 Å². The number of hydrogen-bond donors (Lipinski definition) is 0. The molecule has 0 unspecified atom stereocenters. The van der Waals surface area contributed by atoms with Gasteiger partial charge in [-0.3, -0.25) is 9.59 Å². The minimum atomic E-state index is -0.702. The van der Waals surface area contributed by atoms with Gasteiger partial charge >= 0.3 is 5.97 Å². The third-order valence-electron chi connectivity index (χ3n) is 5.04. The molecule has 2 fully saturated rings. The lowest BCUT2D eigenvalue weighted by Gasteiger charge is -2.23. The number of aryl methyl sites for hydroxylation is 1. The van der Waals surface area contributed by atoms with Gasteiger partial charge in [-0.05, 0) is 38.5 Å². The van der Waals surface area contributed by atoms with Crippen LogP contribution in [0, 0.1) is 18.8 Å². The van der Waals surface area contributed by atoms with E-state index in [4.69, 9.17) is 9.47 Å². The number of esters is 1. The summed E-state index contributed by atoms with van der Waals surface area (Å²) in [5.74, 6) is -1.46. The fourth-order valence-electron chi connectivity index (χ4n) is 4.09. The highest BCUT2D eigenvalue weighted by Gasteiger charge is 2.67. The molecular formula is C19H21NO4. The minimum absolute atomic E-state index is 0.0573. The zero-order chi connectivity index (χ0) is 17.1. The molecule has 0 aliphatic carbocycles. The SMILES string of the molecule is Cc1cccc(N2C[C@]34C=C[C@H](O3)[C@H](C(=O)OC(C)C)[C@@H]4C2=O)c1. The van der Waals surface area contributed by atoms with E-state index >= 15 is 0 Å². The molecule has 0 aromatic heterocycles. The van der Waals surface area contributed by atoms with Crippen LogP contribution in [0.2, 0.25) is 0 Å². The normalized spacial score (nSPS) is 33.4. The number of fused-ring (bicyclic) bond motifs is 1. The van der Waals surface area contributed by atoms with E-state index in [0.29, 0.717) is 6.54 Å². The molecule has 0 saturated carbocycles. The second-order valence-corrected chi connectivity index (χ2v) is 7.15. The summed E-state index contributed by atoms with van der Waals surface area (Å²) in [4.78, 5) is 27.3. The smallest absolute Gasteiger partial charge is 0.313 e. The number of rotatable bonds is 3. The molecule has 24 heavy (non-hydrogen) atoms. The fourth-order valence-corrected chi connectivity index (χ4v) is 4.09. The van der Waals surface area contributed by atoms with Crippen LogP contribution in [0.25, 0.3) is 0 Å². The predicted octanol–water partition coefficient (Wildman–Crippen LogP) is 2.23. The Labute approximate surface area is 141 Å². The highest BCUT2D eigenvalue weighted by molar-refractivity contribution is 6.02. The molecule has 3 aliphatic rings. The van der Waals surface area contributed by atoms with Crippen molar-refractivity contribution in [2.24, 2.45) is 11.8 Å². The first-order chi connectivity index (χ1) is 11.4. The largest absolute Gasteiger partial charge is 0.463 e. The van der Waals surface area contributed by atoms with Gasteiger partial charge in [0, 0.05) is 5.69 Å². The standard InChI is InChI=1S/C19H21NO4/c1-11(2)23-18(22)15-14-7-8-19(24-14)10-20(17(21)16(15)19)13-6-4-5-12(3)9-13/h4-9,11,14-16H,10H2,1-3H3/t14-,15-,16+,19-/m0/s1. The van der Waals surface area contributed by atoms with Crippen LogP contribution in [0.15, 0.2) is 36.4 Å². The second kappa shape index (κ2) is 5.18. The van der Waals surface area contributed by atoms with Gasteiger partial charge < -0.3 is 14.4 Å². The van der Waals surface area contributed by atoms with Gasteiger partial charge in [-0.1, -0.05) is 24.3 Å². The van der Waals surface area contributed by atoms with Gasteiger partial charge in [-0.25, -0.2) is 0 Å². The number of anilines is 1. The zero-order valence-corrected chi connectivity index (χ0v) is 14.1. The molecule has 0 radical (unpaired) electrons. The maximum atomic E-state index is 13.1. The lowest BCUT2D eigenvalue weighted by molar-refractivity contribution is -0.156. The Morgan fingerprint density at radius 2 is 2.21 bits per heavy atom. The summed E-state index contributed by atoms with van der Waals surface area (Å²) in [6, 6.07) is 7.82. The van der Waals surface area contributed by atoms with Gasteiger partial charge in [0.1, 0.15) is 11.5 Å². The summed E-state index contributed by atoms with van der Waals surface area (Å²) in [5, 5.41) is 0. The van der Waals surface area contributed by atoms with Crippen molar-refractivity contribution in [3.8, 4) is 0 Å². The monoisotopic (exact) mass is 327 g/mol. The van der Waals surface area contributed by atoms with Crippen LogP contribution in [0.3, 0.4) is 0 Å². The van der Waals surface area contributed by atoms with Gasteiger partial charge in [0.25, 0.3) is 0 Å². The first-order valence-corrected chi connectivity index (χ1v) is 8.37. The van der Waals surface area contributed by atoms with E-state index < -0.39 is 17.4 Å². The molecule has 126 valence electrons. The van der Waals surface area contributed by atoms with Crippen molar-refractivity contribution in [2.75, 3.05) is 11.4 Å². The van der Waals surface area contributed by atoms with E-state index in [-0.39, 0.29) is 24.1 Å². The molecule has 5 heteroatoms. The van der Waals surface area contributed by atoms with Crippen LogP contribution in [0.4, 0.5) is 5.69 Å². The molecule has 2 bridgehead atoms. The van der Waals surface area contributed by atoms with Crippen molar-refractivity contribution in [3.05, 3.63) is 42.0 Å². The van der Waals surface area contributed by atoms with Crippen LogP contribution in [-0.4, -0.2) is 36.2 Å². The molecule has 2 saturated heterocycles. The Morgan fingerprint density at radius 3 is 2.92 bits per heavy atom. The summed E-state index contributed by atoms with van der Waals surface area (Å²) in [5.41, 5.74) is 1.23. The van der Waals surface area contributed by atoms with Gasteiger partial charge in [-0.2, -0.15) is 0 Å². The Bertz CT molecular complexity index is 741. The summed E-state index contributed by atoms with van der Waals surface area (Å²) in [6.45, 7) is 6.06. The summed E-state index contributed by atoms with van der Waals surface area (Å²) < 4.78 is 11.5. The number of nitrogens with zero attached hydrogens (tertiary/aromatic N) is 1. The number of amides is 1. The molecule has 1 amide bonds. The predicted molar refractivity (Wildman–Crippen MR) is 88.5 cm³/mol. The summed E-state index contributed by atoms with van der Waals surface area (Å²) in [6.07, 6.45) is 3.29.